The quantitative estimate of drug-likeness (QED) is 0.304. The number of carbonyl (C=O) groups excluding carboxylic acids is 1. The average molecular weight is 560 g/mol. The molecule has 1 aromatic heterocycles. The summed E-state index contributed by atoms with van der Waals surface area (Å²) >= 11 is 4.77. The molecule has 2 aliphatic carbocycles. The van der Waals surface area contributed by atoms with Crippen LogP contribution in [-0.4, -0.2) is 26.4 Å². The van der Waals surface area contributed by atoms with Gasteiger partial charge >= 0.3 is 0 Å². The first-order chi connectivity index (χ1) is 17.0. The Balaban J connectivity index is 1.31. The molecule has 5 rings (SSSR count). The van der Waals surface area contributed by atoms with E-state index in [4.69, 9.17) is 4.74 Å². The van der Waals surface area contributed by atoms with Gasteiger partial charge in [0, 0.05) is 16.2 Å². The van der Waals surface area contributed by atoms with E-state index in [1.54, 1.807) is 18.2 Å². The molecule has 2 bridgehead atoms. The number of amides is 1. The molecule has 4 atom stereocenters. The fourth-order valence-corrected chi connectivity index (χ4v) is 6.66. The molecule has 2 saturated carbocycles. The van der Waals surface area contributed by atoms with Gasteiger partial charge in [-0.15, -0.1) is 10.2 Å². The van der Waals surface area contributed by atoms with Crippen LogP contribution in [0.5, 0.6) is 5.75 Å². The number of benzene rings is 2. The summed E-state index contributed by atoms with van der Waals surface area (Å²) in [6.45, 7) is 2.33. The summed E-state index contributed by atoms with van der Waals surface area (Å²) in [6.07, 6.45) is 5.13. The maximum atomic E-state index is 14.1. The van der Waals surface area contributed by atoms with E-state index in [2.05, 4.69) is 42.9 Å². The molecule has 0 aliphatic heterocycles. The van der Waals surface area contributed by atoms with Crippen LogP contribution in [0.4, 0.5) is 10.1 Å². The number of ether oxygens (including phenoxy) is 1. The maximum absolute atomic E-state index is 14.1. The first kappa shape index (κ1) is 24.3. The van der Waals surface area contributed by atoms with Crippen LogP contribution in [0.15, 0.2) is 58.2 Å². The molecule has 0 saturated heterocycles. The number of nitrogens with zero attached hydrogens (tertiary/aromatic N) is 3. The molecule has 2 aromatic carbocycles. The highest BCUT2D eigenvalue weighted by Crippen LogP contribution is 2.52. The summed E-state index contributed by atoms with van der Waals surface area (Å²) in [5.74, 6) is 2.63. The molecule has 0 spiro atoms. The monoisotopic (exact) mass is 558 g/mol. The van der Waals surface area contributed by atoms with E-state index < -0.39 is 5.82 Å². The molecule has 2 fully saturated rings. The van der Waals surface area contributed by atoms with Gasteiger partial charge in [0.1, 0.15) is 6.61 Å². The van der Waals surface area contributed by atoms with Crippen molar-refractivity contribution in [1.82, 2.24) is 14.8 Å². The largest absolute Gasteiger partial charge is 0.483 e. The SMILES string of the molecule is C[C@H]([C@H]1C[C@@H]2CC[C@@H]1C2)n1c(COc2ccccc2F)nnc1SCC(=O)Nc1ccc(Br)cc1. The van der Waals surface area contributed by atoms with Gasteiger partial charge in [-0.3, -0.25) is 9.36 Å². The van der Waals surface area contributed by atoms with Crippen LogP contribution >= 0.6 is 27.7 Å². The molecule has 0 unspecified atom stereocenters. The third kappa shape index (κ3) is 5.56. The first-order valence-electron chi connectivity index (χ1n) is 12.0. The van der Waals surface area contributed by atoms with Gasteiger partial charge in [-0.05, 0) is 80.3 Å². The molecule has 9 heteroatoms. The Morgan fingerprint density at radius 1 is 1.20 bits per heavy atom. The highest BCUT2D eigenvalue weighted by molar-refractivity contribution is 9.10. The van der Waals surface area contributed by atoms with Gasteiger partial charge in [-0.2, -0.15) is 0 Å². The maximum Gasteiger partial charge on any atom is 0.234 e. The van der Waals surface area contributed by atoms with Gasteiger partial charge in [-0.1, -0.05) is 46.2 Å². The van der Waals surface area contributed by atoms with E-state index >= 15 is 0 Å². The molecule has 1 heterocycles. The summed E-state index contributed by atoms with van der Waals surface area (Å²) in [5, 5.41) is 12.4. The minimum absolute atomic E-state index is 0.108. The summed E-state index contributed by atoms with van der Waals surface area (Å²) in [4.78, 5) is 12.6. The van der Waals surface area contributed by atoms with Crippen molar-refractivity contribution in [2.24, 2.45) is 17.8 Å². The Bertz CT molecular complexity index is 1190. The zero-order valence-corrected chi connectivity index (χ0v) is 21.9. The molecule has 0 radical (unpaired) electrons. The summed E-state index contributed by atoms with van der Waals surface area (Å²) < 4.78 is 22.9. The van der Waals surface area contributed by atoms with Crippen molar-refractivity contribution >= 4 is 39.3 Å². The van der Waals surface area contributed by atoms with Crippen LogP contribution < -0.4 is 10.1 Å². The lowest BCUT2D eigenvalue weighted by Crippen LogP contribution is -2.25. The number of hydrogen-bond donors (Lipinski definition) is 1. The van der Waals surface area contributed by atoms with Crippen molar-refractivity contribution < 1.29 is 13.9 Å². The Hall–Kier alpha value is -2.39. The zero-order valence-electron chi connectivity index (χ0n) is 19.5. The minimum Gasteiger partial charge on any atom is -0.483 e. The Labute approximate surface area is 217 Å². The van der Waals surface area contributed by atoms with E-state index in [1.807, 2.05) is 24.3 Å². The molecule has 1 amide bonds. The lowest BCUT2D eigenvalue weighted by Gasteiger charge is -2.30. The third-order valence-corrected chi connectivity index (χ3v) is 8.68. The smallest absolute Gasteiger partial charge is 0.234 e. The van der Waals surface area contributed by atoms with Gasteiger partial charge in [-0.25, -0.2) is 4.39 Å². The predicted octanol–water partition coefficient (Wildman–Crippen LogP) is 6.49. The second-order valence-electron chi connectivity index (χ2n) is 9.41. The number of nitrogens with one attached hydrogen (secondary N) is 1. The van der Waals surface area contributed by atoms with Gasteiger partial charge < -0.3 is 10.1 Å². The highest BCUT2D eigenvalue weighted by Gasteiger charge is 2.43. The normalized spacial score (nSPS) is 21.7. The average Bonchev–Trinajstić information content (AvgIpc) is 3.59. The number of para-hydroxylation sites is 1. The molecule has 35 heavy (non-hydrogen) atoms. The second kappa shape index (κ2) is 10.7. The van der Waals surface area contributed by atoms with Crippen LogP contribution in [0.3, 0.4) is 0 Å². The van der Waals surface area contributed by atoms with E-state index in [0.717, 1.165) is 22.0 Å². The van der Waals surface area contributed by atoms with Crippen molar-refractivity contribution in [3.8, 4) is 5.75 Å². The van der Waals surface area contributed by atoms with Crippen LogP contribution in [-0.2, 0) is 11.4 Å². The molecular weight excluding hydrogens is 531 g/mol. The fraction of sp³-hybridized carbons (Fsp3) is 0.423. The molecule has 3 aromatic rings. The number of fused-ring (bicyclic) bond motifs is 2. The number of rotatable bonds is 9. The number of thioether (sulfide) groups is 1. The third-order valence-electron chi connectivity index (χ3n) is 7.21. The van der Waals surface area contributed by atoms with E-state index in [-0.39, 0.29) is 30.1 Å². The highest BCUT2D eigenvalue weighted by atomic mass is 79.9. The van der Waals surface area contributed by atoms with Crippen LogP contribution in [0, 0.1) is 23.6 Å². The van der Waals surface area contributed by atoms with Gasteiger partial charge in [0.05, 0.1) is 5.75 Å². The lowest BCUT2D eigenvalue weighted by molar-refractivity contribution is -0.113. The Morgan fingerprint density at radius 2 is 2.00 bits per heavy atom. The van der Waals surface area contributed by atoms with Crippen LogP contribution in [0.1, 0.15) is 44.5 Å². The zero-order chi connectivity index (χ0) is 24.4. The second-order valence-corrected chi connectivity index (χ2v) is 11.3. The number of aromatic nitrogens is 3. The molecular formula is C26H28BrFN4O2S. The van der Waals surface area contributed by atoms with Crippen LogP contribution in [0.2, 0.25) is 0 Å². The van der Waals surface area contributed by atoms with Crippen molar-refractivity contribution in [3.05, 3.63) is 64.6 Å². The Morgan fingerprint density at radius 3 is 2.71 bits per heavy atom. The lowest BCUT2D eigenvalue weighted by atomic mass is 9.84. The van der Waals surface area contributed by atoms with Crippen molar-refractivity contribution in [3.63, 3.8) is 0 Å². The number of carbonyl (C=O) groups is 1. The van der Waals surface area contributed by atoms with Crippen molar-refractivity contribution in [2.45, 2.75) is 50.4 Å². The van der Waals surface area contributed by atoms with Gasteiger partial charge in [0.2, 0.25) is 5.91 Å². The van der Waals surface area contributed by atoms with Crippen molar-refractivity contribution in [2.75, 3.05) is 11.1 Å². The van der Waals surface area contributed by atoms with Gasteiger partial charge in [0.15, 0.2) is 22.5 Å². The molecule has 6 nitrogen and oxygen atoms in total. The molecule has 2 aliphatic rings. The summed E-state index contributed by atoms with van der Waals surface area (Å²) in [6, 6.07) is 14.0. The topological polar surface area (TPSA) is 69.0 Å². The van der Waals surface area contributed by atoms with E-state index in [1.165, 1.54) is 43.5 Å². The number of hydrogen-bond acceptors (Lipinski definition) is 5. The number of anilines is 1. The summed E-state index contributed by atoms with van der Waals surface area (Å²) in [5.41, 5.74) is 0.745. The fourth-order valence-electron chi connectivity index (χ4n) is 5.55. The van der Waals surface area contributed by atoms with E-state index in [0.29, 0.717) is 16.9 Å². The first-order valence-corrected chi connectivity index (χ1v) is 13.7. The van der Waals surface area contributed by atoms with Gasteiger partial charge in [0.25, 0.3) is 0 Å². The van der Waals surface area contributed by atoms with Crippen LogP contribution in [0.25, 0.3) is 0 Å². The minimum atomic E-state index is -0.404. The number of halogens is 2. The predicted molar refractivity (Wildman–Crippen MR) is 138 cm³/mol. The Kier molecular flexibility index (Phi) is 7.43. The van der Waals surface area contributed by atoms with E-state index in [9.17, 15) is 9.18 Å². The van der Waals surface area contributed by atoms with Crippen molar-refractivity contribution in [1.29, 1.82) is 0 Å². The summed E-state index contributed by atoms with van der Waals surface area (Å²) in [7, 11) is 0. The molecule has 1 N–H and O–H groups in total. The molecule has 184 valence electrons. The standard InChI is InChI=1S/C26H28BrFN4O2S/c1-16(21-13-17-6-7-18(21)12-17)32-24(14-34-23-5-3-2-4-22(23)28)30-31-26(32)35-15-25(33)29-20-10-8-19(27)9-11-20/h2-5,8-11,16-18,21H,6-7,12-15H2,1H3,(H,29,33)/t16-,17-,18-,21-/m1/s1.